The number of carbonyl (C=O) groups excluding carboxylic acids is 2. The minimum Gasteiger partial charge on any atom is -0.497 e. The number of hydrogen-bond acceptors (Lipinski definition) is 7. The van der Waals surface area contributed by atoms with Gasteiger partial charge in [0.1, 0.15) is 23.3 Å². The molecular formula is C25H22N2O4S. The van der Waals surface area contributed by atoms with Crippen molar-refractivity contribution in [3.63, 3.8) is 0 Å². The molecule has 0 saturated heterocycles. The van der Waals surface area contributed by atoms with Crippen LogP contribution in [-0.4, -0.2) is 36.2 Å². The number of carbonyl (C=O) groups is 2. The van der Waals surface area contributed by atoms with E-state index in [1.807, 2.05) is 60.7 Å². The van der Waals surface area contributed by atoms with Gasteiger partial charge >= 0.3 is 5.97 Å². The molecule has 0 N–H and O–H groups in total. The molecule has 0 atom stereocenters. The van der Waals surface area contributed by atoms with Crippen molar-refractivity contribution in [3.8, 4) is 34.2 Å². The molecule has 0 radical (unpaired) electrons. The Morgan fingerprint density at radius 1 is 1.06 bits per heavy atom. The lowest BCUT2D eigenvalue weighted by Gasteiger charge is -2.13. The maximum absolute atomic E-state index is 12.2. The summed E-state index contributed by atoms with van der Waals surface area (Å²) in [6, 6.07) is 21.1. The summed E-state index contributed by atoms with van der Waals surface area (Å²) in [5, 5.41) is 10.3. The van der Waals surface area contributed by atoms with Crippen molar-refractivity contribution >= 4 is 23.5 Å². The fraction of sp³-hybridized carbons (Fsp3) is 0.200. The minimum atomic E-state index is -0.552. The standard InChI is InChI=1S/C25H22N2O4S/c1-3-31-24(29)13-19(28)16-32-25-22(15-26)21(17-7-5-4-6-8-17)14-23(27-25)18-9-11-20(30-2)12-10-18/h4-12,14H,3,13,16H2,1-2H3. The Morgan fingerprint density at radius 2 is 1.78 bits per heavy atom. The van der Waals surface area contributed by atoms with Crippen LogP contribution in [0.15, 0.2) is 65.7 Å². The number of pyridine rings is 1. The van der Waals surface area contributed by atoms with Crippen molar-refractivity contribution in [2.75, 3.05) is 19.5 Å². The quantitative estimate of drug-likeness (QED) is 0.262. The van der Waals surface area contributed by atoms with E-state index in [9.17, 15) is 14.9 Å². The number of hydrogen-bond donors (Lipinski definition) is 0. The molecule has 0 saturated carbocycles. The number of ether oxygens (including phenoxy) is 2. The van der Waals surface area contributed by atoms with Gasteiger partial charge in [-0.1, -0.05) is 42.1 Å². The molecule has 6 nitrogen and oxygen atoms in total. The molecule has 0 fully saturated rings. The van der Waals surface area contributed by atoms with Crippen LogP contribution in [0.4, 0.5) is 0 Å². The highest BCUT2D eigenvalue weighted by Crippen LogP contribution is 2.34. The lowest BCUT2D eigenvalue weighted by molar-refractivity contribution is -0.145. The Hall–Kier alpha value is -3.63. The zero-order valence-corrected chi connectivity index (χ0v) is 18.6. The molecule has 162 valence electrons. The molecule has 1 heterocycles. The molecule has 2 aromatic carbocycles. The molecule has 32 heavy (non-hydrogen) atoms. The normalized spacial score (nSPS) is 10.3. The van der Waals surface area contributed by atoms with E-state index in [1.54, 1.807) is 14.0 Å². The van der Waals surface area contributed by atoms with Crippen molar-refractivity contribution in [1.82, 2.24) is 4.98 Å². The molecule has 3 aromatic rings. The molecule has 0 aliphatic carbocycles. The number of nitrogens with zero attached hydrogens (tertiary/aromatic N) is 2. The van der Waals surface area contributed by atoms with E-state index in [2.05, 4.69) is 11.1 Å². The first-order valence-corrected chi connectivity index (χ1v) is 11.0. The summed E-state index contributed by atoms with van der Waals surface area (Å²) < 4.78 is 10.1. The van der Waals surface area contributed by atoms with Gasteiger partial charge in [0.2, 0.25) is 0 Å². The van der Waals surface area contributed by atoms with E-state index in [0.717, 1.165) is 34.2 Å². The zero-order chi connectivity index (χ0) is 22.9. The Kier molecular flexibility index (Phi) is 8.01. The molecule has 0 amide bonds. The van der Waals surface area contributed by atoms with Gasteiger partial charge in [-0.05, 0) is 42.8 Å². The van der Waals surface area contributed by atoms with Crippen LogP contribution in [0, 0.1) is 11.3 Å². The van der Waals surface area contributed by atoms with Gasteiger partial charge in [-0.3, -0.25) is 9.59 Å². The molecule has 0 bridgehead atoms. The van der Waals surface area contributed by atoms with Crippen LogP contribution < -0.4 is 4.74 Å². The van der Waals surface area contributed by atoms with Crippen LogP contribution in [0.25, 0.3) is 22.4 Å². The summed E-state index contributed by atoms with van der Waals surface area (Å²) in [4.78, 5) is 28.5. The van der Waals surface area contributed by atoms with Gasteiger partial charge in [0, 0.05) is 11.1 Å². The van der Waals surface area contributed by atoms with E-state index in [4.69, 9.17) is 9.47 Å². The predicted molar refractivity (Wildman–Crippen MR) is 123 cm³/mol. The number of thioether (sulfide) groups is 1. The third kappa shape index (κ3) is 5.74. The largest absolute Gasteiger partial charge is 0.497 e. The molecule has 7 heteroatoms. The van der Waals surface area contributed by atoms with E-state index in [-0.39, 0.29) is 24.6 Å². The average molecular weight is 447 g/mol. The molecule has 0 aliphatic heterocycles. The summed E-state index contributed by atoms with van der Waals surface area (Å²) in [5.74, 6) is -0.0931. The lowest BCUT2D eigenvalue weighted by atomic mass is 9.99. The summed E-state index contributed by atoms with van der Waals surface area (Å²) in [5.41, 5.74) is 3.52. The Labute approximate surface area is 191 Å². The number of esters is 1. The van der Waals surface area contributed by atoms with Gasteiger partial charge in [-0.25, -0.2) is 4.98 Å². The van der Waals surface area contributed by atoms with Gasteiger partial charge in [0.15, 0.2) is 5.78 Å². The van der Waals surface area contributed by atoms with Gasteiger partial charge < -0.3 is 9.47 Å². The predicted octanol–water partition coefficient (Wildman–Crippen LogP) is 4.91. The highest BCUT2D eigenvalue weighted by Gasteiger charge is 2.18. The first-order valence-electron chi connectivity index (χ1n) is 10.0. The maximum atomic E-state index is 12.2. The monoisotopic (exact) mass is 446 g/mol. The molecule has 0 unspecified atom stereocenters. The fourth-order valence-corrected chi connectivity index (χ4v) is 3.92. The number of ketones is 1. The first kappa shape index (κ1) is 23.0. The minimum absolute atomic E-state index is 0.0147. The van der Waals surface area contributed by atoms with Crippen molar-refractivity contribution < 1.29 is 19.1 Å². The van der Waals surface area contributed by atoms with Crippen molar-refractivity contribution in [2.24, 2.45) is 0 Å². The topological polar surface area (TPSA) is 89.3 Å². The second-order valence-corrected chi connectivity index (χ2v) is 7.71. The lowest BCUT2D eigenvalue weighted by Crippen LogP contribution is -2.13. The van der Waals surface area contributed by atoms with Gasteiger partial charge in [0.05, 0.1) is 30.7 Å². The number of benzene rings is 2. The number of Topliss-reactive ketones (excluding diaryl/α,β-unsaturated/α-hetero) is 1. The third-order valence-corrected chi connectivity index (χ3v) is 5.62. The van der Waals surface area contributed by atoms with E-state index >= 15 is 0 Å². The average Bonchev–Trinajstić information content (AvgIpc) is 2.82. The van der Waals surface area contributed by atoms with Crippen molar-refractivity contribution in [2.45, 2.75) is 18.4 Å². The second-order valence-electron chi connectivity index (χ2n) is 6.75. The highest BCUT2D eigenvalue weighted by molar-refractivity contribution is 8.00. The van der Waals surface area contributed by atoms with E-state index in [1.165, 1.54) is 0 Å². The first-order chi connectivity index (χ1) is 15.5. The highest BCUT2D eigenvalue weighted by atomic mass is 32.2. The van der Waals surface area contributed by atoms with Crippen LogP contribution in [0.1, 0.15) is 18.9 Å². The molecule has 3 rings (SSSR count). The summed E-state index contributed by atoms with van der Waals surface area (Å²) in [6.45, 7) is 1.92. The summed E-state index contributed by atoms with van der Waals surface area (Å²) in [7, 11) is 1.60. The Bertz CT molecular complexity index is 1140. The van der Waals surface area contributed by atoms with Gasteiger partial charge in [-0.2, -0.15) is 5.26 Å². The number of aromatic nitrogens is 1. The molecule has 0 spiro atoms. The number of rotatable bonds is 9. The Balaban J connectivity index is 1.99. The zero-order valence-electron chi connectivity index (χ0n) is 17.8. The fourth-order valence-electron chi connectivity index (χ4n) is 3.06. The van der Waals surface area contributed by atoms with Crippen LogP contribution in [0.5, 0.6) is 5.75 Å². The summed E-state index contributed by atoms with van der Waals surface area (Å²) >= 11 is 1.15. The maximum Gasteiger partial charge on any atom is 0.313 e. The SMILES string of the molecule is CCOC(=O)CC(=O)CSc1nc(-c2ccc(OC)cc2)cc(-c2ccccc2)c1C#N. The van der Waals surface area contributed by atoms with Crippen LogP contribution >= 0.6 is 11.8 Å². The summed E-state index contributed by atoms with van der Waals surface area (Å²) in [6.07, 6.45) is -0.299. The molecule has 0 aliphatic rings. The van der Waals surface area contributed by atoms with E-state index in [0.29, 0.717) is 16.3 Å². The van der Waals surface area contributed by atoms with Gasteiger partial charge in [-0.15, -0.1) is 0 Å². The van der Waals surface area contributed by atoms with Crippen molar-refractivity contribution in [1.29, 1.82) is 5.26 Å². The second kappa shape index (κ2) is 11.1. The van der Waals surface area contributed by atoms with Crippen LogP contribution in [0.2, 0.25) is 0 Å². The van der Waals surface area contributed by atoms with E-state index < -0.39 is 5.97 Å². The third-order valence-electron chi connectivity index (χ3n) is 4.59. The number of methoxy groups -OCH3 is 1. The van der Waals surface area contributed by atoms with Crippen LogP contribution in [-0.2, 0) is 14.3 Å². The number of nitriles is 1. The molecular weight excluding hydrogens is 424 g/mol. The Morgan fingerprint density at radius 3 is 2.41 bits per heavy atom. The van der Waals surface area contributed by atoms with Crippen molar-refractivity contribution in [3.05, 3.63) is 66.2 Å². The van der Waals surface area contributed by atoms with Gasteiger partial charge in [0.25, 0.3) is 0 Å². The smallest absolute Gasteiger partial charge is 0.313 e. The molecule has 1 aromatic heterocycles. The van der Waals surface area contributed by atoms with Crippen LogP contribution in [0.3, 0.4) is 0 Å².